The van der Waals surface area contributed by atoms with E-state index in [2.05, 4.69) is 15.5 Å². The van der Waals surface area contributed by atoms with Gasteiger partial charge in [0.1, 0.15) is 6.29 Å². The Morgan fingerprint density at radius 3 is 3.25 bits per heavy atom. The van der Waals surface area contributed by atoms with Crippen molar-refractivity contribution < 1.29 is 4.79 Å². The highest BCUT2D eigenvalue weighted by molar-refractivity contribution is 5.63. The highest BCUT2D eigenvalue weighted by Gasteiger charge is 2.23. The Kier molecular flexibility index (Phi) is 1.69. The molecule has 0 amide bonds. The summed E-state index contributed by atoms with van der Waals surface area (Å²) in [7, 11) is 0. The number of nitrogens with zero attached hydrogens (tertiary/aromatic N) is 1. The van der Waals surface area contributed by atoms with Crippen LogP contribution in [-0.2, 0) is 11.2 Å². The quantitative estimate of drug-likeness (QED) is 0.580. The fraction of sp³-hybridized carbons (Fsp3) is 0.500. The SMILES string of the molecule is Cc1[nH]nc2c1C(C=O)NCC2. The number of carbonyl (C=O) groups excluding carboxylic acids is 1. The van der Waals surface area contributed by atoms with Crippen LogP contribution in [0.15, 0.2) is 0 Å². The third-order valence-corrected chi connectivity index (χ3v) is 2.25. The number of fused-ring (bicyclic) bond motifs is 1. The third kappa shape index (κ3) is 0.956. The number of nitrogens with one attached hydrogen (secondary N) is 2. The molecule has 1 aliphatic heterocycles. The Labute approximate surface area is 70.4 Å². The lowest BCUT2D eigenvalue weighted by molar-refractivity contribution is -0.109. The van der Waals surface area contributed by atoms with Gasteiger partial charge < -0.3 is 10.1 Å². The summed E-state index contributed by atoms with van der Waals surface area (Å²) in [5, 5.41) is 10.1. The highest BCUT2D eigenvalue weighted by atomic mass is 16.1. The van der Waals surface area contributed by atoms with Gasteiger partial charge in [0.05, 0.1) is 11.7 Å². The van der Waals surface area contributed by atoms with Gasteiger partial charge in [0.2, 0.25) is 0 Å². The van der Waals surface area contributed by atoms with Crippen LogP contribution in [0.25, 0.3) is 0 Å². The van der Waals surface area contributed by atoms with Gasteiger partial charge in [-0.3, -0.25) is 5.10 Å². The molecule has 64 valence electrons. The predicted molar refractivity (Wildman–Crippen MR) is 43.8 cm³/mol. The van der Waals surface area contributed by atoms with Crippen molar-refractivity contribution in [2.45, 2.75) is 19.4 Å². The molecule has 1 atom stereocenters. The summed E-state index contributed by atoms with van der Waals surface area (Å²) in [5.74, 6) is 0. The topological polar surface area (TPSA) is 57.8 Å². The lowest BCUT2D eigenvalue weighted by Gasteiger charge is -2.18. The Bertz CT molecular complexity index is 305. The van der Waals surface area contributed by atoms with Crippen molar-refractivity contribution in [3.05, 3.63) is 17.0 Å². The largest absolute Gasteiger partial charge is 0.304 e. The maximum Gasteiger partial charge on any atom is 0.141 e. The number of H-pyrrole nitrogens is 1. The minimum atomic E-state index is -0.160. The van der Waals surface area contributed by atoms with E-state index in [1.165, 1.54) is 0 Å². The van der Waals surface area contributed by atoms with Crippen LogP contribution in [0.2, 0.25) is 0 Å². The molecule has 4 nitrogen and oxygen atoms in total. The van der Waals surface area contributed by atoms with Gasteiger partial charge in [-0.25, -0.2) is 0 Å². The van der Waals surface area contributed by atoms with Crippen molar-refractivity contribution >= 4 is 6.29 Å². The molecule has 0 saturated carbocycles. The molecule has 0 spiro atoms. The summed E-state index contributed by atoms with van der Waals surface area (Å²) in [6, 6.07) is -0.160. The summed E-state index contributed by atoms with van der Waals surface area (Å²) < 4.78 is 0. The minimum absolute atomic E-state index is 0.160. The average Bonchev–Trinajstić information content (AvgIpc) is 2.48. The van der Waals surface area contributed by atoms with Crippen molar-refractivity contribution in [1.29, 1.82) is 0 Å². The van der Waals surface area contributed by atoms with Crippen molar-refractivity contribution in [2.75, 3.05) is 6.54 Å². The Hall–Kier alpha value is -1.16. The Morgan fingerprint density at radius 1 is 1.67 bits per heavy atom. The molecule has 12 heavy (non-hydrogen) atoms. The first kappa shape index (κ1) is 7.49. The lowest BCUT2D eigenvalue weighted by Crippen LogP contribution is -2.30. The molecule has 4 heteroatoms. The van der Waals surface area contributed by atoms with E-state index in [0.29, 0.717) is 0 Å². The molecule has 2 rings (SSSR count). The second-order valence-corrected chi connectivity index (χ2v) is 3.03. The molecule has 1 aliphatic rings. The zero-order valence-corrected chi connectivity index (χ0v) is 6.92. The summed E-state index contributed by atoms with van der Waals surface area (Å²) in [5.41, 5.74) is 3.06. The normalized spacial score (nSPS) is 21.9. The second-order valence-electron chi connectivity index (χ2n) is 3.03. The number of carbonyl (C=O) groups is 1. The summed E-state index contributed by atoms with van der Waals surface area (Å²) >= 11 is 0. The van der Waals surface area contributed by atoms with Gasteiger partial charge in [0.25, 0.3) is 0 Å². The molecular weight excluding hydrogens is 154 g/mol. The molecule has 0 fully saturated rings. The molecule has 0 aromatic carbocycles. The van der Waals surface area contributed by atoms with Crippen molar-refractivity contribution in [3.63, 3.8) is 0 Å². The fourth-order valence-electron chi connectivity index (χ4n) is 1.66. The van der Waals surface area contributed by atoms with Gasteiger partial charge in [-0.15, -0.1) is 0 Å². The van der Waals surface area contributed by atoms with E-state index < -0.39 is 0 Å². The van der Waals surface area contributed by atoms with Crippen LogP contribution in [-0.4, -0.2) is 23.0 Å². The van der Waals surface area contributed by atoms with Crippen LogP contribution in [0.4, 0.5) is 0 Å². The maximum absolute atomic E-state index is 10.7. The molecule has 0 radical (unpaired) electrons. The minimum Gasteiger partial charge on any atom is -0.304 e. The smallest absolute Gasteiger partial charge is 0.141 e. The van der Waals surface area contributed by atoms with Gasteiger partial charge in [0.15, 0.2) is 0 Å². The number of hydrogen-bond donors (Lipinski definition) is 2. The van der Waals surface area contributed by atoms with Gasteiger partial charge in [-0.1, -0.05) is 0 Å². The van der Waals surface area contributed by atoms with Crippen LogP contribution in [0.1, 0.15) is 23.0 Å². The van der Waals surface area contributed by atoms with E-state index in [-0.39, 0.29) is 6.04 Å². The molecule has 1 aromatic heterocycles. The van der Waals surface area contributed by atoms with Crippen LogP contribution in [0, 0.1) is 6.92 Å². The summed E-state index contributed by atoms with van der Waals surface area (Å²) in [6.45, 7) is 2.77. The van der Waals surface area contributed by atoms with Gasteiger partial charge >= 0.3 is 0 Å². The van der Waals surface area contributed by atoms with Crippen LogP contribution in [0.5, 0.6) is 0 Å². The average molecular weight is 165 g/mol. The molecule has 1 unspecified atom stereocenters. The van der Waals surface area contributed by atoms with E-state index in [1.54, 1.807) is 0 Å². The zero-order valence-electron chi connectivity index (χ0n) is 6.92. The van der Waals surface area contributed by atoms with Crippen molar-refractivity contribution in [3.8, 4) is 0 Å². The number of aromatic amines is 1. The molecule has 1 aromatic rings. The number of aromatic nitrogens is 2. The molecule has 0 aliphatic carbocycles. The van der Waals surface area contributed by atoms with Crippen LogP contribution in [0.3, 0.4) is 0 Å². The highest BCUT2D eigenvalue weighted by Crippen LogP contribution is 2.21. The van der Waals surface area contributed by atoms with Gasteiger partial charge in [-0.2, -0.15) is 5.10 Å². The number of aldehydes is 1. The van der Waals surface area contributed by atoms with E-state index in [0.717, 1.165) is 36.2 Å². The Morgan fingerprint density at radius 2 is 2.50 bits per heavy atom. The van der Waals surface area contributed by atoms with Crippen LogP contribution >= 0.6 is 0 Å². The standard InChI is InChI=1S/C8H11N3O/c1-5-8-6(11-10-5)2-3-9-7(8)4-12/h4,7,9H,2-3H2,1H3,(H,10,11). The van der Waals surface area contributed by atoms with Crippen molar-refractivity contribution in [1.82, 2.24) is 15.5 Å². The molecule has 0 bridgehead atoms. The first-order valence-corrected chi connectivity index (χ1v) is 4.05. The van der Waals surface area contributed by atoms with E-state index >= 15 is 0 Å². The van der Waals surface area contributed by atoms with Gasteiger partial charge in [0, 0.05) is 24.2 Å². The monoisotopic (exact) mass is 165 g/mol. The van der Waals surface area contributed by atoms with E-state index in [9.17, 15) is 4.79 Å². The predicted octanol–water partition coefficient (Wildman–Crippen LogP) is 0.104. The molecule has 2 N–H and O–H groups in total. The lowest BCUT2D eigenvalue weighted by atomic mass is 10.0. The maximum atomic E-state index is 10.7. The molecular formula is C8H11N3O. The summed E-state index contributed by atoms with van der Waals surface area (Å²) in [6.07, 6.45) is 1.84. The molecule has 2 heterocycles. The number of hydrogen-bond acceptors (Lipinski definition) is 3. The number of rotatable bonds is 1. The molecule has 0 saturated heterocycles. The summed E-state index contributed by atoms with van der Waals surface area (Å²) in [4.78, 5) is 10.7. The number of aryl methyl sites for hydroxylation is 1. The fourth-order valence-corrected chi connectivity index (χ4v) is 1.66. The van der Waals surface area contributed by atoms with Gasteiger partial charge in [-0.05, 0) is 6.92 Å². The van der Waals surface area contributed by atoms with Crippen molar-refractivity contribution in [2.24, 2.45) is 0 Å². The van der Waals surface area contributed by atoms with E-state index in [4.69, 9.17) is 0 Å². The second kappa shape index (κ2) is 2.71. The first-order valence-electron chi connectivity index (χ1n) is 4.05. The zero-order chi connectivity index (χ0) is 8.55. The third-order valence-electron chi connectivity index (χ3n) is 2.25. The Balaban J connectivity index is 2.47. The van der Waals surface area contributed by atoms with Crippen LogP contribution < -0.4 is 5.32 Å². The first-order chi connectivity index (χ1) is 5.83. The van der Waals surface area contributed by atoms with E-state index in [1.807, 2.05) is 6.92 Å².